The molecule has 1 amide bonds. The highest BCUT2D eigenvalue weighted by atomic mass is 19.4. The van der Waals surface area contributed by atoms with E-state index in [0.29, 0.717) is 38.0 Å². The van der Waals surface area contributed by atoms with Gasteiger partial charge in [-0.05, 0) is 44.8 Å². The summed E-state index contributed by atoms with van der Waals surface area (Å²) in [6.45, 7) is 1.61. The van der Waals surface area contributed by atoms with Gasteiger partial charge in [0.25, 0.3) is 5.91 Å². The molecule has 1 aromatic rings. The first-order valence-corrected chi connectivity index (χ1v) is 7.56. The van der Waals surface area contributed by atoms with E-state index in [2.05, 4.69) is 5.32 Å². The Hall–Kier alpha value is -2.03. The fourth-order valence-electron chi connectivity index (χ4n) is 2.73. The molecular formula is C15H19F3N2O4. The third-order valence-corrected chi connectivity index (χ3v) is 4.00. The van der Waals surface area contributed by atoms with Crippen LogP contribution in [0.2, 0.25) is 0 Å². The van der Waals surface area contributed by atoms with E-state index in [-0.39, 0.29) is 17.4 Å². The van der Waals surface area contributed by atoms with Crippen LogP contribution in [0.3, 0.4) is 0 Å². The van der Waals surface area contributed by atoms with E-state index in [1.165, 1.54) is 17.9 Å². The van der Waals surface area contributed by atoms with Crippen LogP contribution in [0.5, 0.6) is 0 Å². The van der Waals surface area contributed by atoms with Gasteiger partial charge in [0.2, 0.25) is 5.76 Å². The molecule has 0 unspecified atom stereocenters. The van der Waals surface area contributed by atoms with Gasteiger partial charge in [-0.1, -0.05) is 0 Å². The van der Waals surface area contributed by atoms with Crippen LogP contribution < -0.4 is 5.32 Å². The summed E-state index contributed by atoms with van der Waals surface area (Å²) in [4.78, 5) is 24.2. The zero-order valence-electron chi connectivity index (χ0n) is 13.2. The summed E-state index contributed by atoms with van der Waals surface area (Å²) in [6.07, 6.45) is -3.07. The minimum Gasteiger partial charge on any atom is -0.475 e. The van der Waals surface area contributed by atoms with Crippen LogP contribution in [-0.2, 0) is 0 Å². The Kier molecular flexibility index (Phi) is 5.53. The molecule has 0 atom stereocenters. The Morgan fingerprint density at radius 3 is 2.50 bits per heavy atom. The molecule has 1 fully saturated rings. The zero-order valence-corrected chi connectivity index (χ0v) is 13.2. The molecule has 0 radical (unpaired) electrons. The monoisotopic (exact) mass is 348 g/mol. The lowest BCUT2D eigenvalue weighted by Gasteiger charge is -2.32. The average molecular weight is 348 g/mol. The fraction of sp³-hybridized carbons (Fsp3) is 0.600. The molecule has 2 heterocycles. The third kappa shape index (κ3) is 4.98. The predicted octanol–water partition coefficient (Wildman–Crippen LogP) is 2.29. The molecule has 24 heavy (non-hydrogen) atoms. The smallest absolute Gasteiger partial charge is 0.401 e. The first-order chi connectivity index (χ1) is 11.2. The number of carboxylic acid groups (broad SMARTS) is 1. The lowest BCUT2D eigenvalue weighted by atomic mass is 9.97. The number of amides is 1. The number of alkyl halides is 3. The van der Waals surface area contributed by atoms with Crippen LogP contribution in [0.4, 0.5) is 13.2 Å². The van der Waals surface area contributed by atoms with Crippen LogP contribution in [0.15, 0.2) is 10.5 Å². The van der Waals surface area contributed by atoms with Crippen LogP contribution >= 0.6 is 0 Å². The largest absolute Gasteiger partial charge is 0.475 e. The van der Waals surface area contributed by atoms with Crippen molar-refractivity contribution in [1.29, 1.82) is 0 Å². The third-order valence-electron chi connectivity index (χ3n) is 4.00. The van der Waals surface area contributed by atoms with Crippen molar-refractivity contribution >= 4 is 11.9 Å². The van der Waals surface area contributed by atoms with Crippen molar-refractivity contribution in [3.8, 4) is 0 Å². The molecule has 1 aliphatic heterocycles. The number of aromatic carboxylic acids is 1. The second-order valence-electron chi connectivity index (χ2n) is 5.97. The van der Waals surface area contributed by atoms with E-state index in [1.807, 2.05) is 0 Å². The minimum atomic E-state index is -4.19. The van der Waals surface area contributed by atoms with Crippen molar-refractivity contribution in [2.75, 3.05) is 26.2 Å². The van der Waals surface area contributed by atoms with Gasteiger partial charge in [-0.3, -0.25) is 9.69 Å². The van der Waals surface area contributed by atoms with Gasteiger partial charge >= 0.3 is 12.1 Å². The maximum absolute atomic E-state index is 12.3. The number of carbonyl (C=O) groups is 2. The van der Waals surface area contributed by atoms with Crippen LogP contribution in [0.1, 0.15) is 39.5 Å². The summed E-state index contributed by atoms with van der Waals surface area (Å²) in [5.74, 6) is -2.04. The number of hydrogen-bond acceptors (Lipinski definition) is 4. The van der Waals surface area contributed by atoms with Crippen molar-refractivity contribution in [1.82, 2.24) is 10.2 Å². The van der Waals surface area contributed by atoms with E-state index in [4.69, 9.17) is 9.52 Å². The first kappa shape index (κ1) is 18.3. The summed E-state index contributed by atoms with van der Waals surface area (Å²) >= 11 is 0. The number of piperidine rings is 1. The van der Waals surface area contributed by atoms with E-state index in [0.717, 1.165) is 0 Å². The van der Waals surface area contributed by atoms with E-state index in [1.54, 1.807) is 0 Å². The van der Waals surface area contributed by atoms with Gasteiger partial charge in [0.1, 0.15) is 0 Å². The van der Waals surface area contributed by atoms with Gasteiger partial charge in [0.15, 0.2) is 5.76 Å². The molecule has 1 aliphatic rings. The lowest BCUT2D eigenvalue weighted by Crippen LogP contribution is -2.42. The molecular weight excluding hydrogens is 329 g/mol. The highest BCUT2D eigenvalue weighted by molar-refractivity contribution is 5.94. The number of hydrogen-bond donors (Lipinski definition) is 2. The Morgan fingerprint density at radius 2 is 2.00 bits per heavy atom. The number of likely N-dealkylation sites (tertiary alicyclic amines) is 1. The van der Waals surface area contributed by atoms with Crippen molar-refractivity contribution in [3.05, 3.63) is 23.2 Å². The molecule has 0 bridgehead atoms. The molecule has 0 saturated carbocycles. The maximum atomic E-state index is 12.3. The molecule has 0 aromatic carbocycles. The number of aryl methyl sites for hydroxylation is 1. The molecule has 9 heteroatoms. The summed E-state index contributed by atoms with van der Waals surface area (Å²) in [5, 5.41) is 11.5. The molecule has 134 valence electrons. The zero-order chi connectivity index (χ0) is 17.9. The van der Waals surface area contributed by atoms with Gasteiger partial charge in [-0.15, -0.1) is 0 Å². The number of nitrogens with zero attached hydrogens (tertiary/aromatic N) is 1. The molecule has 6 nitrogen and oxygen atoms in total. The number of rotatable bonds is 5. The summed E-state index contributed by atoms with van der Waals surface area (Å²) in [6, 6.07) is 1.35. The number of furan rings is 1. The fourth-order valence-corrected chi connectivity index (χ4v) is 2.73. The first-order valence-electron chi connectivity index (χ1n) is 7.56. The molecule has 0 aliphatic carbocycles. The number of nitrogens with one attached hydrogen (secondary N) is 1. The number of halogens is 3. The molecule has 0 spiro atoms. The number of carboxylic acids is 1. The molecule has 1 aromatic heterocycles. The van der Waals surface area contributed by atoms with Gasteiger partial charge in [-0.25, -0.2) is 4.79 Å². The van der Waals surface area contributed by atoms with Gasteiger partial charge in [0.05, 0.1) is 6.54 Å². The standard InChI is InChI=1S/C15H19F3N2O4/c1-9-6-11(24-12(9)14(22)23)13(21)19-7-10-2-4-20(5-3-10)8-15(16,17)18/h6,10H,2-5,7-8H2,1H3,(H,19,21)(H,22,23). The van der Waals surface area contributed by atoms with Crippen LogP contribution in [-0.4, -0.2) is 54.2 Å². The highest BCUT2D eigenvalue weighted by Gasteiger charge is 2.32. The van der Waals surface area contributed by atoms with Gasteiger partial charge in [-0.2, -0.15) is 13.2 Å². The molecule has 2 rings (SSSR count). The Bertz CT molecular complexity index is 604. The number of carbonyl (C=O) groups excluding carboxylic acids is 1. The summed E-state index contributed by atoms with van der Waals surface area (Å²) < 4.78 is 42.0. The van der Waals surface area contributed by atoms with E-state index >= 15 is 0 Å². The van der Waals surface area contributed by atoms with Crippen molar-refractivity contribution < 1.29 is 32.3 Å². The average Bonchev–Trinajstić information content (AvgIpc) is 2.87. The Balaban J connectivity index is 1.79. The molecule has 2 N–H and O–H groups in total. The summed E-state index contributed by atoms with van der Waals surface area (Å²) in [5.41, 5.74) is 0.355. The Morgan fingerprint density at radius 1 is 1.38 bits per heavy atom. The topological polar surface area (TPSA) is 82.8 Å². The molecule has 1 saturated heterocycles. The van der Waals surface area contributed by atoms with Crippen molar-refractivity contribution in [3.63, 3.8) is 0 Å². The SMILES string of the molecule is Cc1cc(C(=O)NCC2CCN(CC(F)(F)F)CC2)oc1C(=O)O. The second kappa shape index (κ2) is 7.25. The van der Waals surface area contributed by atoms with E-state index < -0.39 is 24.6 Å². The summed E-state index contributed by atoms with van der Waals surface area (Å²) in [7, 11) is 0. The normalized spacial score (nSPS) is 17.0. The quantitative estimate of drug-likeness (QED) is 0.853. The maximum Gasteiger partial charge on any atom is 0.401 e. The predicted molar refractivity (Wildman–Crippen MR) is 78.0 cm³/mol. The van der Waals surface area contributed by atoms with Gasteiger partial charge in [0, 0.05) is 12.1 Å². The van der Waals surface area contributed by atoms with Crippen LogP contribution in [0, 0.1) is 12.8 Å². The minimum absolute atomic E-state index is 0.0839. The second-order valence-corrected chi connectivity index (χ2v) is 5.97. The van der Waals surface area contributed by atoms with Crippen molar-refractivity contribution in [2.24, 2.45) is 5.92 Å². The Labute approximate surface area is 136 Å². The van der Waals surface area contributed by atoms with Gasteiger partial charge < -0.3 is 14.8 Å². The van der Waals surface area contributed by atoms with Crippen LogP contribution in [0.25, 0.3) is 0 Å². The van der Waals surface area contributed by atoms with E-state index in [9.17, 15) is 22.8 Å². The highest BCUT2D eigenvalue weighted by Crippen LogP contribution is 2.22. The van der Waals surface area contributed by atoms with Crippen molar-refractivity contribution in [2.45, 2.75) is 25.9 Å². The lowest BCUT2D eigenvalue weighted by molar-refractivity contribution is -0.148.